The highest BCUT2D eigenvalue weighted by Gasteiger charge is 2.20. The lowest BCUT2D eigenvalue weighted by Crippen LogP contribution is -2.27. The molecule has 3 rings (SSSR count). The number of methoxy groups -OCH3 is 1. The molecule has 3 aromatic rings. The fourth-order valence-corrected chi connectivity index (χ4v) is 3.75. The van der Waals surface area contributed by atoms with Gasteiger partial charge in [0.1, 0.15) is 10.7 Å². The molecule has 0 aliphatic carbocycles. The fraction of sp³-hybridized carbons (Fsp3) is 0.400. The Labute approximate surface area is 168 Å². The zero-order chi connectivity index (χ0) is 19.9. The van der Waals surface area contributed by atoms with E-state index in [0.717, 1.165) is 47.2 Å². The van der Waals surface area contributed by atoms with Crippen LogP contribution < -0.4 is 5.32 Å². The summed E-state index contributed by atoms with van der Waals surface area (Å²) in [6, 6.07) is 1.93. The van der Waals surface area contributed by atoms with Gasteiger partial charge in [0.25, 0.3) is 5.91 Å². The number of aromatic nitrogens is 4. The normalized spacial score (nSPS) is 11.0. The van der Waals surface area contributed by atoms with Crippen molar-refractivity contribution in [2.24, 2.45) is 0 Å². The summed E-state index contributed by atoms with van der Waals surface area (Å²) >= 11 is 1.53. The Kier molecular flexibility index (Phi) is 6.89. The summed E-state index contributed by atoms with van der Waals surface area (Å²) in [5.41, 5.74) is 4.18. The van der Waals surface area contributed by atoms with E-state index < -0.39 is 0 Å². The van der Waals surface area contributed by atoms with Gasteiger partial charge in [0.15, 0.2) is 0 Å². The number of thiazole rings is 1. The lowest BCUT2D eigenvalue weighted by Gasteiger charge is -2.10. The summed E-state index contributed by atoms with van der Waals surface area (Å²) in [6.45, 7) is 5.97. The number of amides is 1. The van der Waals surface area contributed by atoms with Gasteiger partial charge in [-0.15, -0.1) is 11.3 Å². The molecule has 3 aromatic heterocycles. The first-order valence-electron chi connectivity index (χ1n) is 9.35. The number of hydrogen-bond donors (Lipinski definition) is 1. The lowest BCUT2D eigenvalue weighted by atomic mass is 10.2. The molecule has 28 heavy (non-hydrogen) atoms. The molecular weight excluding hydrogens is 374 g/mol. The van der Waals surface area contributed by atoms with Crippen LogP contribution in [0.25, 0.3) is 22.1 Å². The first-order chi connectivity index (χ1) is 13.7. The van der Waals surface area contributed by atoms with Gasteiger partial charge >= 0.3 is 0 Å². The Hall–Kier alpha value is -2.58. The van der Waals surface area contributed by atoms with Crippen molar-refractivity contribution < 1.29 is 9.53 Å². The molecule has 1 amide bonds. The van der Waals surface area contributed by atoms with E-state index in [-0.39, 0.29) is 5.91 Å². The lowest BCUT2D eigenvalue weighted by molar-refractivity contribution is 0.0936. The maximum atomic E-state index is 12.6. The maximum absolute atomic E-state index is 12.6. The number of ether oxygens (including phenoxy) is 1. The Morgan fingerprint density at radius 1 is 1.32 bits per heavy atom. The SMILES string of the molecule is CCCCn1c(-c2csc(-c3cnccn3)n2)cc(C(=O)NCCOC)c1C. The monoisotopic (exact) mass is 399 g/mol. The van der Waals surface area contributed by atoms with Crippen molar-refractivity contribution >= 4 is 17.2 Å². The highest BCUT2D eigenvalue weighted by Crippen LogP contribution is 2.30. The van der Waals surface area contributed by atoms with Crippen LogP contribution >= 0.6 is 11.3 Å². The van der Waals surface area contributed by atoms with E-state index in [0.29, 0.717) is 18.7 Å². The molecule has 0 fully saturated rings. The zero-order valence-electron chi connectivity index (χ0n) is 16.4. The van der Waals surface area contributed by atoms with E-state index in [1.165, 1.54) is 11.3 Å². The molecule has 7 nitrogen and oxygen atoms in total. The molecule has 0 spiro atoms. The van der Waals surface area contributed by atoms with Gasteiger partial charge in [0.05, 0.1) is 29.8 Å². The van der Waals surface area contributed by atoms with Gasteiger partial charge < -0.3 is 14.6 Å². The van der Waals surface area contributed by atoms with Crippen LogP contribution in [-0.4, -0.2) is 45.7 Å². The number of hydrogen-bond acceptors (Lipinski definition) is 6. The summed E-state index contributed by atoms with van der Waals surface area (Å²) in [5.74, 6) is -0.0876. The minimum absolute atomic E-state index is 0.0876. The van der Waals surface area contributed by atoms with E-state index in [2.05, 4.69) is 26.8 Å². The van der Waals surface area contributed by atoms with Gasteiger partial charge in [-0.3, -0.25) is 14.8 Å². The molecule has 8 heteroatoms. The summed E-state index contributed by atoms with van der Waals surface area (Å²) in [5, 5.41) is 5.73. The van der Waals surface area contributed by atoms with E-state index in [1.807, 2.05) is 18.4 Å². The Bertz CT molecular complexity index is 920. The number of nitrogens with zero attached hydrogens (tertiary/aromatic N) is 4. The van der Waals surface area contributed by atoms with Crippen LogP contribution in [0.15, 0.2) is 30.0 Å². The van der Waals surface area contributed by atoms with E-state index in [9.17, 15) is 4.79 Å². The second-order valence-electron chi connectivity index (χ2n) is 6.41. The molecule has 0 aliphatic heterocycles. The van der Waals surface area contributed by atoms with Gasteiger partial charge in [-0.2, -0.15) is 0 Å². The van der Waals surface area contributed by atoms with Gasteiger partial charge in [0, 0.05) is 43.7 Å². The summed E-state index contributed by atoms with van der Waals surface area (Å²) in [6.07, 6.45) is 7.13. The predicted octanol–water partition coefficient (Wildman–Crippen LogP) is 3.55. The number of nitrogens with one attached hydrogen (secondary N) is 1. The van der Waals surface area contributed by atoms with Crippen LogP contribution in [0, 0.1) is 6.92 Å². The summed E-state index contributed by atoms with van der Waals surface area (Å²) in [7, 11) is 1.62. The molecule has 1 N–H and O–H groups in total. The van der Waals surface area contributed by atoms with Crippen LogP contribution in [0.5, 0.6) is 0 Å². The largest absolute Gasteiger partial charge is 0.383 e. The minimum atomic E-state index is -0.0876. The highest BCUT2D eigenvalue weighted by atomic mass is 32.1. The predicted molar refractivity (Wildman–Crippen MR) is 110 cm³/mol. The van der Waals surface area contributed by atoms with Crippen molar-refractivity contribution in [1.82, 2.24) is 24.8 Å². The topological polar surface area (TPSA) is 81.9 Å². The standard InChI is InChI=1S/C20H25N5O2S/c1-4-5-9-25-14(2)15(19(26)23-8-10-27-3)11-18(25)17-13-28-20(24-17)16-12-21-6-7-22-16/h6-7,11-13H,4-5,8-10H2,1-3H3,(H,23,26). The second-order valence-corrected chi connectivity index (χ2v) is 7.27. The molecule has 0 radical (unpaired) electrons. The Morgan fingerprint density at radius 3 is 2.89 bits per heavy atom. The van der Waals surface area contributed by atoms with Crippen molar-refractivity contribution in [3.05, 3.63) is 41.3 Å². The molecule has 0 atom stereocenters. The highest BCUT2D eigenvalue weighted by molar-refractivity contribution is 7.13. The molecule has 0 saturated carbocycles. The first-order valence-corrected chi connectivity index (χ1v) is 10.2. The summed E-state index contributed by atoms with van der Waals surface area (Å²) < 4.78 is 7.20. The van der Waals surface area contributed by atoms with Crippen LogP contribution in [0.2, 0.25) is 0 Å². The molecule has 3 heterocycles. The van der Waals surface area contributed by atoms with E-state index in [1.54, 1.807) is 25.7 Å². The van der Waals surface area contributed by atoms with Gasteiger partial charge in [-0.25, -0.2) is 4.98 Å². The number of unbranched alkanes of at least 4 members (excludes halogenated alkanes) is 1. The summed E-state index contributed by atoms with van der Waals surface area (Å²) in [4.78, 5) is 25.8. The van der Waals surface area contributed by atoms with Crippen LogP contribution in [0.3, 0.4) is 0 Å². The molecule has 148 valence electrons. The number of rotatable bonds is 9. The third kappa shape index (κ3) is 4.45. The molecule has 0 bridgehead atoms. The first kappa shape index (κ1) is 20.2. The van der Waals surface area contributed by atoms with E-state index >= 15 is 0 Å². The van der Waals surface area contributed by atoms with Crippen molar-refractivity contribution in [2.45, 2.75) is 33.2 Å². The van der Waals surface area contributed by atoms with Gasteiger partial charge in [0.2, 0.25) is 0 Å². The van der Waals surface area contributed by atoms with Gasteiger partial charge in [-0.1, -0.05) is 13.3 Å². The van der Waals surface area contributed by atoms with Crippen molar-refractivity contribution in [3.8, 4) is 22.1 Å². The molecule has 0 unspecified atom stereocenters. The smallest absolute Gasteiger partial charge is 0.253 e. The molecule has 0 aromatic carbocycles. The van der Waals surface area contributed by atoms with Crippen LogP contribution in [0.1, 0.15) is 35.8 Å². The number of carbonyl (C=O) groups excluding carboxylic acids is 1. The average molecular weight is 400 g/mol. The second kappa shape index (κ2) is 9.57. The van der Waals surface area contributed by atoms with Crippen molar-refractivity contribution in [3.63, 3.8) is 0 Å². The van der Waals surface area contributed by atoms with Crippen molar-refractivity contribution in [1.29, 1.82) is 0 Å². The third-order valence-corrected chi connectivity index (χ3v) is 5.35. The molecule has 0 saturated heterocycles. The Balaban J connectivity index is 1.94. The quantitative estimate of drug-likeness (QED) is 0.557. The maximum Gasteiger partial charge on any atom is 0.253 e. The molecule has 0 aliphatic rings. The minimum Gasteiger partial charge on any atom is -0.383 e. The van der Waals surface area contributed by atoms with Crippen LogP contribution in [-0.2, 0) is 11.3 Å². The van der Waals surface area contributed by atoms with E-state index in [4.69, 9.17) is 9.72 Å². The fourth-order valence-electron chi connectivity index (χ4n) is 2.97. The number of carbonyl (C=O) groups is 1. The third-order valence-electron chi connectivity index (χ3n) is 4.49. The molecular formula is C20H25N5O2S. The Morgan fingerprint density at radius 2 is 2.18 bits per heavy atom. The van der Waals surface area contributed by atoms with Crippen LogP contribution in [0.4, 0.5) is 0 Å². The average Bonchev–Trinajstić information content (AvgIpc) is 3.32. The zero-order valence-corrected chi connectivity index (χ0v) is 17.3. The van der Waals surface area contributed by atoms with Gasteiger partial charge in [-0.05, 0) is 19.4 Å². The van der Waals surface area contributed by atoms with Crippen molar-refractivity contribution in [2.75, 3.05) is 20.3 Å².